The van der Waals surface area contributed by atoms with Gasteiger partial charge in [0.15, 0.2) is 0 Å². The van der Waals surface area contributed by atoms with Gasteiger partial charge in [0.25, 0.3) is 0 Å². The van der Waals surface area contributed by atoms with Crippen LogP contribution in [0.15, 0.2) is 6.08 Å². The SMILES string of the molecule is Cc1nn(C)c(Cl)c1C=CC(=O)N1CCCNC(=O)C1. The molecule has 0 radical (unpaired) electrons. The number of halogens is 1. The molecule has 1 aliphatic rings. The normalized spacial score (nSPS) is 16.4. The molecule has 2 amide bonds. The van der Waals surface area contributed by atoms with E-state index in [-0.39, 0.29) is 18.4 Å². The summed E-state index contributed by atoms with van der Waals surface area (Å²) in [5.74, 6) is -0.318. The van der Waals surface area contributed by atoms with E-state index in [1.165, 1.54) is 11.0 Å². The van der Waals surface area contributed by atoms with Gasteiger partial charge in [0, 0.05) is 31.8 Å². The van der Waals surface area contributed by atoms with Crippen molar-refractivity contribution in [3.8, 4) is 0 Å². The molecule has 2 heterocycles. The summed E-state index contributed by atoms with van der Waals surface area (Å²) in [5, 5.41) is 7.39. The number of nitrogens with zero attached hydrogens (tertiary/aromatic N) is 3. The number of carbonyl (C=O) groups excluding carboxylic acids is 2. The number of carbonyl (C=O) groups is 2. The molecule has 1 N–H and O–H groups in total. The van der Waals surface area contributed by atoms with Crippen LogP contribution in [0.2, 0.25) is 5.15 Å². The van der Waals surface area contributed by atoms with Gasteiger partial charge < -0.3 is 10.2 Å². The van der Waals surface area contributed by atoms with Crippen LogP contribution in [0, 0.1) is 6.92 Å². The maximum absolute atomic E-state index is 12.1. The van der Waals surface area contributed by atoms with E-state index in [9.17, 15) is 9.59 Å². The van der Waals surface area contributed by atoms with E-state index in [4.69, 9.17) is 11.6 Å². The van der Waals surface area contributed by atoms with Crippen molar-refractivity contribution in [2.75, 3.05) is 19.6 Å². The Bertz CT molecular complexity index is 565. The minimum atomic E-state index is -0.193. The summed E-state index contributed by atoms with van der Waals surface area (Å²) in [6.07, 6.45) is 3.85. The number of amides is 2. The molecule has 0 aliphatic carbocycles. The van der Waals surface area contributed by atoms with Gasteiger partial charge in [-0.05, 0) is 19.4 Å². The summed E-state index contributed by atoms with van der Waals surface area (Å²) in [6.45, 7) is 3.11. The molecule has 0 aromatic carbocycles. The Morgan fingerprint density at radius 1 is 1.50 bits per heavy atom. The van der Waals surface area contributed by atoms with E-state index < -0.39 is 0 Å². The molecule has 1 aliphatic heterocycles. The lowest BCUT2D eigenvalue weighted by atomic mass is 10.2. The largest absolute Gasteiger partial charge is 0.354 e. The fraction of sp³-hybridized carbons (Fsp3) is 0.462. The first kappa shape index (κ1) is 14.6. The summed E-state index contributed by atoms with van der Waals surface area (Å²) in [7, 11) is 1.74. The van der Waals surface area contributed by atoms with Gasteiger partial charge in [-0.2, -0.15) is 5.10 Å². The number of aryl methyl sites for hydroxylation is 2. The number of hydrogen-bond donors (Lipinski definition) is 1. The van der Waals surface area contributed by atoms with Crippen LogP contribution in [-0.4, -0.2) is 46.1 Å². The van der Waals surface area contributed by atoms with Gasteiger partial charge in [-0.15, -0.1) is 0 Å². The van der Waals surface area contributed by atoms with Crippen molar-refractivity contribution >= 4 is 29.5 Å². The van der Waals surface area contributed by atoms with Crippen LogP contribution < -0.4 is 5.32 Å². The third-order valence-corrected chi connectivity index (χ3v) is 3.61. The van der Waals surface area contributed by atoms with Crippen LogP contribution >= 0.6 is 11.6 Å². The van der Waals surface area contributed by atoms with Crippen molar-refractivity contribution in [2.45, 2.75) is 13.3 Å². The molecular weight excluding hydrogens is 280 g/mol. The summed E-state index contributed by atoms with van der Waals surface area (Å²) < 4.78 is 1.56. The molecule has 0 atom stereocenters. The molecule has 1 saturated heterocycles. The first-order valence-corrected chi connectivity index (χ1v) is 6.79. The lowest BCUT2D eigenvalue weighted by Gasteiger charge is -2.16. The zero-order valence-electron chi connectivity index (χ0n) is 11.5. The standard InChI is InChI=1S/C13H17ClN4O2/c1-9-10(13(14)17(2)16-9)4-5-12(20)18-7-3-6-15-11(19)8-18/h4-5H,3,6-8H2,1-2H3,(H,15,19). The highest BCUT2D eigenvalue weighted by atomic mass is 35.5. The Morgan fingerprint density at radius 3 is 2.90 bits per heavy atom. The molecule has 6 nitrogen and oxygen atoms in total. The molecule has 0 spiro atoms. The van der Waals surface area contributed by atoms with Crippen molar-refractivity contribution in [1.82, 2.24) is 20.0 Å². The molecule has 108 valence electrons. The molecule has 1 fully saturated rings. The highest BCUT2D eigenvalue weighted by Crippen LogP contribution is 2.20. The summed E-state index contributed by atoms with van der Waals surface area (Å²) in [4.78, 5) is 25.0. The van der Waals surface area contributed by atoms with Gasteiger partial charge in [-0.25, -0.2) is 0 Å². The topological polar surface area (TPSA) is 67.2 Å². The maximum atomic E-state index is 12.1. The van der Waals surface area contributed by atoms with Gasteiger partial charge in [0.2, 0.25) is 11.8 Å². The smallest absolute Gasteiger partial charge is 0.247 e. The second-order valence-electron chi connectivity index (χ2n) is 4.71. The zero-order valence-corrected chi connectivity index (χ0v) is 12.3. The predicted octanol–water partition coefficient (Wildman–Crippen LogP) is 0.744. The van der Waals surface area contributed by atoms with E-state index in [0.717, 1.165) is 17.7 Å². The van der Waals surface area contributed by atoms with Crippen molar-refractivity contribution in [1.29, 1.82) is 0 Å². The summed E-state index contributed by atoms with van der Waals surface area (Å²) in [5.41, 5.74) is 1.48. The monoisotopic (exact) mass is 296 g/mol. The highest BCUT2D eigenvalue weighted by molar-refractivity contribution is 6.31. The lowest BCUT2D eigenvalue weighted by Crippen LogP contribution is -2.36. The molecule has 0 unspecified atom stereocenters. The minimum absolute atomic E-state index is 0.100. The number of hydrogen-bond acceptors (Lipinski definition) is 3. The van der Waals surface area contributed by atoms with Crippen molar-refractivity contribution in [3.05, 3.63) is 22.5 Å². The van der Waals surface area contributed by atoms with Crippen molar-refractivity contribution in [2.24, 2.45) is 7.05 Å². The Labute approximate surface area is 122 Å². The summed E-state index contributed by atoms with van der Waals surface area (Å²) >= 11 is 6.09. The second kappa shape index (κ2) is 6.09. The second-order valence-corrected chi connectivity index (χ2v) is 5.07. The quantitative estimate of drug-likeness (QED) is 0.819. The molecule has 0 saturated carbocycles. The Morgan fingerprint density at radius 2 is 2.25 bits per heavy atom. The lowest BCUT2D eigenvalue weighted by molar-refractivity contribution is -0.131. The predicted molar refractivity (Wildman–Crippen MR) is 76.2 cm³/mol. The molecule has 20 heavy (non-hydrogen) atoms. The fourth-order valence-electron chi connectivity index (χ4n) is 2.09. The van der Waals surface area contributed by atoms with Gasteiger partial charge in [-0.1, -0.05) is 11.6 Å². The Balaban J connectivity index is 2.10. The van der Waals surface area contributed by atoms with E-state index in [1.54, 1.807) is 17.8 Å². The molecule has 1 aromatic heterocycles. The van der Waals surface area contributed by atoms with Gasteiger partial charge >= 0.3 is 0 Å². The van der Waals surface area contributed by atoms with Crippen LogP contribution in [-0.2, 0) is 16.6 Å². The van der Waals surface area contributed by atoms with Crippen LogP contribution in [0.5, 0.6) is 0 Å². The summed E-state index contributed by atoms with van der Waals surface area (Å²) in [6, 6.07) is 0. The van der Waals surface area contributed by atoms with E-state index in [1.807, 2.05) is 6.92 Å². The Kier molecular flexibility index (Phi) is 4.44. The average Bonchev–Trinajstić information content (AvgIpc) is 2.59. The maximum Gasteiger partial charge on any atom is 0.247 e. The van der Waals surface area contributed by atoms with Crippen LogP contribution in [0.25, 0.3) is 6.08 Å². The molecule has 0 bridgehead atoms. The van der Waals surface area contributed by atoms with Crippen molar-refractivity contribution in [3.63, 3.8) is 0 Å². The highest BCUT2D eigenvalue weighted by Gasteiger charge is 2.18. The first-order valence-electron chi connectivity index (χ1n) is 6.42. The molecule has 7 heteroatoms. The number of aromatic nitrogens is 2. The van der Waals surface area contributed by atoms with E-state index in [2.05, 4.69) is 10.4 Å². The van der Waals surface area contributed by atoms with Crippen molar-refractivity contribution < 1.29 is 9.59 Å². The van der Waals surface area contributed by atoms with Gasteiger partial charge in [-0.3, -0.25) is 14.3 Å². The Hall–Kier alpha value is -1.82. The number of rotatable bonds is 2. The van der Waals surface area contributed by atoms with Crippen LogP contribution in [0.1, 0.15) is 17.7 Å². The molecule has 2 rings (SSSR count). The third kappa shape index (κ3) is 3.19. The van der Waals surface area contributed by atoms with Gasteiger partial charge in [0.05, 0.1) is 12.2 Å². The first-order chi connectivity index (χ1) is 9.49. The third-order valence-electron chi connectivity index (χ3n) is 3.16. The molecular formula is C13H17ClN4O2. The zero-order chi connectivity index (χ0) is 14.7. The average molecular weight is 297 g/mol. The molecule has 1 aromatic rings. The fourth-order valence-corrected chi connectivity index (χ4v) is 2.33. The van der Waals surface area contributed by atoms with Crippen LogP contribution in [0.4, 0.5) is 0 Å². The van der Waals surface area contributed by atoms with E-state index >= 15 is 0 Å². The van der Waals surface area contributed by atoms with E-state index in [0.29, 0.717) is 18.2 Å². The number of nitrogens with one attached hydrogen (secondary N) is 1. The minimum Gasteiger partial charge on any atom is -0.354 e. The van der Waals surface area contributed by atoms with Crippen LogP contribution in [0.3, 0.4) is 0 Å². The van der Waals surface area contributed by atoms with Gasteiger partial charge in [0.1, 0.15) is 5.15 Å².